The fourth-order valence-electron chi connectivity index (χ4n) is 2.30. The van der Waals surface area contributed by atoms with Gasteiger partial charge in [0.1, 0.15) is 18.8 Å². The zero-order valence-corrected chi connectivity index (χ0v) is 14.2. The highest BCUT2D eigenvalue weighted by Gasteiger charge is 2.17. The molecule has 8 heteroatoms. The van der Waals surface area contributed by atoms with Gasteiger partial charge in [0.05, 0.1) is 13.2 Å². The summed E-state index contributed by atoms with van der Waals surface area (Å²) in [6.45, 7) is 5.25. The van der Waals surface area contributed by atoms with Crippen molar-refractivity contribution in [3.8, 4) is 11.5 Å². The van der Waals surface area contributed by atoms with Gasteiger partial charge in [-0.05, 0) is 32.0 Å². The van der Waals surface area contributed by atoms with E-state index in [-0.39, 0.29) is 11.9 Å². The molecule has 0 bridgehead atoms. The number of nitrogens with zero attached hydrogens (tertiary/aromatic N) is 3. The van der Waals surface area contributed by atoms with Crippen LogP contribution in [-0.4, -0.2) is 40.9 Å². The molecule has 0 aliphatic rings. The van der Waals surface area contributed by atoms with Crippen LogP contribution in [-0.2, 0) is 6.54 Å². The van der Waals surface area contributed by atoms with Gasteiger partial charge in [0.2, 0.25) is 0 Å². The number of carbonyl (C=O) groups excluding carboxylic acids is 1. The van der Waals surface area contributed by atoms with Crippen molar-refractivity contribution in [2.45, 2.75) is 26.4 Å². The summed E-state index contributed by atoms with van der Waals surface area (Å²) in [5.41, 5.74) is 5.92. The van der Waals surface area contributed by atoms with Crippen LogP contribution in [0.1, 0.15) is 36.1 Å². The van der Waals surface area contributed by atoms with Crippen LogP contribution < -0.4 is 20.5 Å². The number of aryl methyl sites for hydroxylation is 1. The van der Waals surface area contributed by atoms with Crippen molar-refractivity contribution >= 4 is 5.91 Å². The highest BCUT2D eigenvalue weighted by atomic mass is 16.5. The Kier molecular flexibility index (Phi) is 6.14. The normalized spacial score (nSPS) is 11.8. The lowest BCUT2D eigenvalue weighted by molar-refractivity contribution is 0.0937. The highest BCUT2D eigenvalue weighted by molar-refractivity contribution is 5.95. The van der Waals surface area contributed by atoms with Gasteiger partial charge in [0, 0.05) is 18.7 Å². The summed E-state index contributed by atoms with van der Waals surface area (Å²) in [7, 11) is 1.55. The molecule has 1 aromatic carbocycles. The molecule has 0 radical (unpaired) electrons. The Hall–Kier alpha value is -2.61. The summed E-state index contributed by atoms with van der Waals surface area (Å²) in [5, 5.41) is 7.02. The van der Waals surface area contributed by atoms with Crippen molar-refractivity contribution in [1.29, 1.82) is 0 Å². The van der Waals surface area contributed by atoms with Gasteiger partial charge in [0.15, 0.2) is 11.5 Å². The van der Waals surface area contributed by atoms with Crippen molar-refractivity contribution in [2.75, 3.05) is 20.3 Å². The van der Waals surface area contributed by atoms with Crippen LogP contribution in [0.15, 0.2) is 24.5 Å². The van der Waals surface area contributed by atoms with E-state index < -0.39 is 0 Å². The van der Waals surface area contributed by atoms with Crippen LogP contribution >= 0.6 is 0 Å². The maximum absolute atomic E-state index is 12.5. The zero-order valence-electron chi connectivity index (χ0n) is 14.2. The quantitative estimate of drug-likeness (QED) is 0.750. The average molecular weight is 333 g/mol. The minimum atomic E-state index is -0.268. The topological polar surface area (TPSA) is 104 Å². The van der Waals surface area contributed by atoms with Crippen LogP contribution in [0.4, 0.5) is 0 Å². The van der Waals surface area contributed by atoms with Crippen molar-refractivity contribution < 1.29 is 14.3 Å². The number of hydrogen-bond acceptors (Lipinski definition) is 6. The van der Waals surface area contributed by atoms with E-state index in [0.717, 1.165) is 0 Å². The SMILES string of the molecule is CCn1ncnc1C(C)NC(=O)c1ccc(OC)c(OCCN)c1. The number of carbonyl (C=O) groups is 1. The molecule has 1 heterocycles. The Balaban J connectivity index is 2.14. The molecule has 1 aromatic heterocycles. The molecule has 0 spiro atoms. The van der Waals surface area contributed by atoms with Crippen molar-refractivity contribution in [1.82, 2.24) is 20.1 Å². The van der Waals surface area contributed by atoms with Crippen molar-refractivity contribution in [2.24, 2.45) is 5.73 Å². The van der Waals surface area contributed by atoms with E-state index in [1.54, 1.807) is 30.0 Å². The Bertz CT molecular complexity index is 686. The second-order valence-electron chi connectivity index (χ2n) is 5.13. The van der Waals surface area contributed by atoms with Gasteiger partial charge in [-0.25, -0.2) is 9.67 Å². The molecular weight excluding hydrogens is 310 g/mol. The molecule has 1 unspecified atom stereocenters. The van der Waals surface area contributed by atoms with Gasteiger partial charge < -0.3 is 20.5 Å². The molecular formula is C16H23N5O3. The van der Waals surface area contributed by atoms with Gasteiger partial charge in [-0.1, -0.05) is 0 Å². The van der Waals surface area contributed by atoms with Crippen LogP contribution in [0.25, 0.3) is 0 Å². The Morgan fingerprint density at radius 1 is 1.42 bits per heavy atom. The second kappa shape index (κ2) is 8.30. The third-order valence-electron chi connectivity index (χ3n) is 3.48. The van der Waals surface area contributed by atoms with Gasteiger partial charge in [-0.3, -0.25) is 4.79 Å². The summed E-state index contributed by atoms with van der Waals surface area (Å²) < 4.78 is 12.5. The molecule has 1 amide bonds. The third kappa shape index (κ3) is 4.02. The van der Waals surface area contributed by atoms with Crippen LogP contribution in [0.3, 0.4) is 0 Å². The van der Waals surface area contributed by atoms with Crippen LogP contribution in [0.2, 0.25) is 0 Å². The first-order valence-corrected chi connectivity index (χ1v) is 7.80. The molecule has 8 nitrogen and oxygen atoms in total. The molecule has 130 valence electrons. The number of rotatable bonds is 8. The Labute approximate surface area is 141 Å². The molecule has 0 aliphatic heterocycles. The molecule has 3 N–H and O–H groups in total. The number of nitrogens with two attached hydrogens (primary N) is 1. The smallest absolute Gasteiger partial charge is 0.252 e. The zero-order chi connectivity index (χ0) is 17.5. The lowest BCUT2D eigenvalue weighted by Crippen LogP contribution is -2.29. The second-order valence-corrected chi connectivity index (χ2v) is 5.13. The molecule has 0 fully saturated rings. The highest BCUT2D eigenvalue weighted by Crippen LogP contribution is 2.28. The first kappa shape index (κ1) is 17.7. The Morgan fingerprint density at radius 3 is 2.88 bits per heavy atom. The van der Waals surface area contributed by atoms with E-state index in [2.05, 4.69) is 15.4 Å². The molecule has 0 saturated carbocycles. The first-order valence-electron chi connectivity index (χ1n) is 7.80. The van der Waals surface area contributed by atoms with Gasteiger partial charge in [0.25, 0.3) is 5.91 Å². The largest absolute Gasteiger partial charge is 0.493 e. The van der Waals surface area contributed by atoms with Crippen molar-refractivity contribution in [3.63, 3.8) is 0 Å². The number of amides is 1. The van der Waals surface area contributed by atoms with Crippen molar-refractivity contribution in [3.05, 3.63) is 35.9 Å². The molecule has 0 aliphatic carbocycles. The minimum absolute atomic E-state index is 0.228. The van der Waals surface area contributed by atoms with Gasteiger partial charge in [-0.15, -0.1) is 0 Å². The fraction of sp³-hybridized carbons (Fsp3) is 0.438. The molecule has 24 heavy (non-hydrogen) atoms. The molecule has 0 saturated heterocycles. The predicted molar refractivity (Wildman–Crippen MR) is 89.1 cm³/mol. The first-order chi connectivity index (χ1) is 11.6. The monoisotopic (exact) mass is 333 g/mol. The Morgan fingerprint density at radius 2 is 2.21 bits per heavy atom. The van der Waals surface area contributed by atoms with Gasteiger partial charge >= 0.3 is 0 Å². The summed E-state index contributed by atoms with van der Waals surface area (Å²) >= 11 is 0. The molecule has 2 aromatic rings. The maximum atomic E-state index is 12.5. The predicted octanol–water partition coefficient (Wildman–Crippen LogP) is 1.14. The fourth-order valence-corrected chi connectivity index (χ4v) is 2.30. The summed E-state index contributed by atoms with van der Waals surface area (Å²) in [4.78, 5) is 16.7. The van der Waals surface area contributed by atoms with E-state index in [9.17, 15) is 4.79 Å². The molecule has 2 rings (SSSR count). The van der Waals surface area contributed by atoms with Crippen LogP contribution in [0, 0.1) is 0 Å². The third-order valence-corrected chi connectivity index (χ3v) is 3.48. The number of aromatic nitrogens is 3. The average Bonchev–Trinajstić information content (AvgIpc) is 3.08. The summed E-state index contributed by atoms with van der Waals surface area (Å²) in [5.74, 6) is 1.52. The number of nitrogens with one attached hydrogen (secondary N) is 1. The number of hydrogen-bond donors (Lipinski definition) is 2. The summed E-state index contributed by atoms with van der Waals surface area (Å²) in [6, 6.07) is 4.75. The number of ether oxygens (including phenoxy) is 2. The van der Waals surface area contributed by atoms with E-state index >= 15 is 0 Å². The number of benzene rings is 1. The van der Waals surface area contributed by atoms with E-state index in [0.29, 0.717) is 42.6 Å². The number of methoxy groups -OCH3 is 1. The summed E-state index contributed by atoms with van der Waals surface area (Å²) in [6.07, 6.45) is 1.48. The maximum Gasteiger partial charge on any atom is 0.252 e. The van der Waals surface area contributed by atoms with Gasteiger partial charge in [-0.2, -0.15) is 5.10 Å². The van der Waals surface area contributed by atoms with E-state index in [1.807, 2.05) is 13.8 Å². The lowest BCUT2D eigenvalue weighted by atomic mass is 10.1. The lowest BCUT2D eigenvalue weighted by Gasteiger charge is -2.15. The van der Waals surface area contributed by atoms with E-state index in [4.69, 9.17) is 15.2 Å². The molecule has 1 atom stereocenters. The standard InChI is InChI=1S/C16H23N5O3/c1-4-21-15(18-10-19-21)11(2)20-16(22)12-5-6-13(23-3)14(9-12)24-8-7-17/h5-6,9-11H,4,7-8,17H2,1-3H3,(H,20,22). The van der Waals surface area contributed by atoms with E-state index in [1.165, 1.54) is 6.33 Å². The minimum Gasteiger partial charge on any atom is -0.493 e. The van der Waals surface area contributed by atoms with Crippen LogP contribution in [0.5, 0.6) is 11.5 Å².